The fraction of sp³-hybridized carbons (Fsp3) is 0.176. The number of hydrazone groups is 1. The predicted molar refractivity (Wildman–Crippen MR) is 87.6 cm³/mol. The molecule has 9 heteroatoms. The van der Waals surface area contributed by atoms with Crippen molar-refractivity contribution >= 4 is 18.2 Å². The van der Waals surface area contributed by atoms with E-state index in [2.05, 4.69) is 20.1 Å². The Bertz CT molecular complexity index is 843. The first-order chi connectivity index (χ1) is 12.4. The molecular formula is C17H14F2N4O3. The first-order valence-corrected chi connectivity index (χ1v) is 7.56. The quantitative estimate of drug-likeness (QED) is 0.656. The summed E-state index contributed by atoms with van der Waals surface area (Å²) < 4.78 is 28.7. The third kappa shape index (κ3) is 3.37. The summed E-state index contributed by atoms with van der Waals surface area (Å²) in [6.45, 7) is -1.43. The maximum absolute atomic E-state index is 12.7. The van der Waals surface area contributed by atoms with Crippen molar-refractivity contribution in [1.82, 2.24) is 15.3 Å². The fourth-order valence-corrected chi connectivity index (χ4v) is 2.47. The molecule has 1 N–H and O–H groups in total. The van der Waals surface area contributed by atoms with Gasteiger partial charge in [-0.1, -0.05) is 18.2 Å². The molecule has 0 bridgehead atoms. The lowest BCUT2D eigenvalue weighted by molar-refractivity contribution is -0.131. The van der Waals surface area contributed by atoms with E-state index in [1.54, 1.807) is 18.3 Å². The Labute approximate surface area is 147 Å². The molecular weight excluding hydrogens is 346 g/mol. The van der Waals surface area contributed by atoms with E-state index in [0.717, 1.165) is 5.01 Å². The number of benzene rings is 1. The maximum Gasteiger partial charge on any atom is 0.387 e. The summed E-state index contributed by atoms with van der Waals surface area (Å²) in [5, 5.41) is 7.20. The van der Waals surface area contributed by atoms with Crippen molar-refractivity contribution in [3.63, 3.8) is 0 Å². The summed E-state index contributed by atoms with van der Waals surface area (Å²) in [6, 6.07) is 8.19. The van der Waals surface area contributed by atoms with E-state index in [1.165, 1.54) is 43.6 Å². The number of urea groups is 1. The minimum atomic E-state index is -2.94. The highest BCUT2D eigenvalue weighted by atomic mass is 19.3. The van der Waals surface area contributed by atoms with Crippen LogP contribution >= 0.6 is 0 Å². The molecule has 3 rings (SSSR count). The molecule has 0 saturated carbocycles. The van der Waals surface area contributed by atoms with Crippen molar-refractivity contribution in [2.24, 2.45) is 5.10 Å². The lowest BCUT2D eigenvalue weighted by atomic mass is 9.92. The molecule has 134 valence electrons. The van der Waals surface area contributed by atoms with Gasteiger partial charge in [-0.05, 0) is 30.7 Å². The van der Waals surface area contributed by atoms with Crippen molar-refractivity contribution in [2.45, 2.75) is 19.1 Å². The number of carbonyl (C=O) groups excluding carboxylic acids is 2. The Morgan fingerprint density at radius 2 is 2.00 bits per heavy atom. The van der Waals surface area contributed by atoms with E-state index >= 15 is 0 Å². The lowest BCUT2D eigenvalue weighted by Gasteiger charge is -2.21. The number of aromatic nitrogens is 1. The van der Waals surface area contributed by atoms with Crippen LogP contribution in [-0.2, 0) is 10.3 Å². The van der Waals surface area contributed by atoms with Gasteiger partial charge in [0.2, 0.25) is 0 Å². The SMILES string of the molecule is C[C@@]1(c2ccc(OC(F)F)cc2)NC(=O)N(/N=C\c2cccnc2)C1=O. The van der Waals surface area contributed by atoms with Crippen LogP contribution in [-0.4, -0.2) is 34.8 Å². The molecule has 1 aliphatic rings. The zero-order valence-corrected chi connectivity index (χ0v) is 13.6. The monoisotopic (exact) mass is 360 g/mol. The van der Waals surface area contributed by atoms with Crippen LogP contribution in [0.1, 0.15) is 18.1 Å². The molecule has 1 fully saturated rings. The number of imide groups is 1. The number of hydrogen-bond acceptors (Lipinski definition) is 5. The van der Waals surface area contributed by atoms with Gasteiger partial charge < -0.3 is 10.1 Å². The normalized spacial score (nSPS) is 20.1. The van der Waals surface area contributed by atoms with Crippen molar-refractivity contribution < 1.29 is 23.1 Å². The number of nitrogens with zero attached hydrogens (tertiary/aromatic N) is 3. The molecule has 1 aromatic heterocycles. The molecule has 1 atom stereocenters. The van der Waals surface area contributed by atoms with E-state index in [1.807, 2.05) is 0 Å². The van der Waals surface area contributed by atoms with Crippen LogP contribution in [0.5, 0.6) is 5.75 Å². The largest absolute Gasteiger partial charge is 0.435 e. The smallest absolute Gasteiger partial charge is 0.387 e. The Kier molecular flexibility index (Phi) is 4.61. The van der Waals surface area contributed by atoms with Gasteiger partial charge in [0.1, 0.15) is 11.3 Å². The van der Waals surface area contributed by atoms with Crippen molar-refractivity contribution in [2.75, 3.05) is 0 Å². The van der Waals surface area contributed by atoms with Crippen LogP contribution in [0.2, 0.25) is 0 Å². The zero-order chi connectivity index (χ0) is 18.7. The van der Waals surface area contributed by atoms with Gasteiger partial charge in [0.05, 0.1) is 6.21 Å². The van der Waals surface area contributed by atoms with Gasteiger partial charge in [0, 0.05) is 18.0 Å². The van der Waals surface area contributed by atoms with Gasteiger partial charge in [-0.15, -0.1) is 5.01 Å². The zero-order valence-electron chi connectivity index (χ0n) is 13.6. The topological polar surface area (TPSA) is 83.9 Å². The highest BCUT2D eigenvalue weighted by Gasteiger charge is 2.49. The summed E-state index contributed by atoms with van der Waals surface area (Å²) in [5.41, 5.74) is -0.334. The fourth-order valence-electron chi connectivity index (χ4n) is 2.47. The number of rotatable bonds is 5. The van der Waals surface area contributed by atoms with Gasteiger partial charge >= 0.3 is 12.6 Å². The van der Waals surface area contributed by atoms with Crippen LogP contribution in [0.15, 0.2) is 53.9 Å². The summed E-state index contributed by atoms with van der Waals surface area (Å²) in [6.07, 6.45) is 4.46. The number of alkyl halides is 2. The lowest BCUT2D eigenvalue weighted by Crippen LogP contribution is -2.40. The number of hydrogen-bond donors (Lipinski definition) is 1. The van der Waals surface area contributed by atoms with Crippen LogP contribution < -0.4 is 10.1 Å². The first kappa shape index (κ1) is 17.5. The number of halogens is 2. The molecule has 0 unspecified atom stereocenters. The second-order valence-corrected chi connectivity index (χ2v) is 5.61. The highest BCUT2D eigenvalue weighted by Crippen LogP contribution is 2.30. The van der Waals surface area contributed by atoms with Crippen molar-refractivity contribution in [3.8, 4) is 5.75 Å². The van der Waals surface area contributed by atoms with Crippen LogP contribution in [0.3, 0.4) is 0 Å². The molecule has 0 aliphatic carbocycles. The number of carbonyl (C=O) groups is 2. The average Bonchev–Trinajstić information content (AvgIpc) is 2.84. The van der Waals surface area contributed by atoms with E-state index in [4.69, 9.17) is 0 Å². The summed E-state index contributed by atoms with van der Waals surface area (Å²) >= 11 is 0. The molecule has 1 aliphatic heterocycles. The highest BCUT2D eigenvalue weighted by molar-refractivity contribution is 6.07. The number of ether oxygens (including phenoxy) is 1. The molecule has 2 heterocycles. The van der Waals surface area contributed by atoms with Crippen LogP contribution in [0, 0.1) is 0 Å². The van der Waals surface area contributed by atoms with E-state index in [-0.39, 0.29) is 5.75 Å². The summed E-state index contributed by atoms with van der Waals surface area (Å²) in [5.74, 6) is -0.638. The summed E-state index contributed by atoms with van der Waals surface area (Å²) in [7, 11) is 0. The van der Waals surface area contributed by atoms with Gasteiger partial charge in [-0.3, -0.25) is 9.78 Å². The summed E-state index contributed by atoms with van der Waals surface area (Å²) in [4.78, 5) is 28.7. The minimum absolute atomic E-state index is 0.0458. The number of pyridine rings is 1. The predicted octanol–water partition coefficient (Wildman–Crippen LogP) is 2.48. The van der Waals surface area contributed by atoms with Gasteiger partial charge in [0.25, 0.3) is 5.91 Å². The Balaban J connectivity index is 1.81. The van der Waals surface area contributed by atoms with Crippen molar-refractivity contribution in [1.29, 1.82) is 0 Å². The molecule has 7 nitrogen and oxygen atoms in total. The van der Waals surface area contributed by atoms with E-state index in [9.17, 15) is 18.4 Å². The van der Waals surface area contributed by atoms with E-state index in [0.29, 0.717) is 11.1 Å². The molecule has 1 aromatic carbocycles. The Hall–Kier alpha value is -3.36. The molecule has 1 saturated heterocycles. The van der Waals surface area contributed by atoms with Gasteiger partial charge in [0.15, 0.2) is 0 Å². The average molecular weight is 360 g/mol. The molecule has 2 aromatic rings. The third-order valence-electron chi connectivity index (χ3n) is 3.83. The first-order valence-electron chi connectivity index (χ1n) is 7.56. The van der Waals surface area contributed by atoms with Crippen LogP contribution in [0.25, 0.3) is 0 Å². The Morgan fingerprint density at radius 3 is 2.62 bits per heavy atom. The number of amides is 3. The van der Waals surface area contributed by atoms with E-state index < -0.39 is 24.1 Å². The molecule has 26 heavy (non-hydrogen) atoms. The Morgan fingerprint density at radius 1 is 1.27 bits per heavy atom. The number of nitrogens with one attached hydrogen (secondary N) is 1. The van der Waals surface area contributed by atoms with Gasteiger partial charge in [-0.25, -0.2) is 4.79 Å². The maximum atomic E-state index is 12.7. The molecule has 0 spiro atoms. The minimum Gasteiger partial charge on any atom is -0.435 e. The second-order valence-electron chi connectivity index (χ2n) is 5.61. The van der Waals surface area contributed by atoms with Gasteiger partial charge in [-0.2, -0.15) is 13.9 Å². The van der Waals surface area contributed by atoms with Crippen molar-refractivity contribution in [3.05, 3.63) is 59.9 Å². The standard InChI is InChI=1S/C17H14F2N4O3/c1-17(12-4-6-13(7-5-12)26-15(18)19)14(24)23(16(25)22-17)21-10-11-3-2-8-20-9-11/h2-10,15H,1H3,(H,22,25)/b21-10-/t17-/m0/s1. The van der Waals surface area contributed by atoms with Crippen LogP contribution in [0.4, 0.5) is 13.6 Å². The molecule has 0 radical (unpaired) electrons. The second kappa shape index (κ2) is 6.87. The molecule has 3 amide bonds. The third-order valence-corrected chi connectivity index (χ3v) is 3.83.